The van der Waals surface area contributed by atoms with Gasteiger partial charge in [0.1, 0.15) is 0 Å². The van der Waals surface area contributed by atoms with Crippen LogP contribution in [0, 0.1) is 0 Å². The minimum Gasteiger partial charge on any atom is -0.297 e. The van der Waals surface area contributed by atoms with Crippen molar-refractivity contribution in [3.8, 4) is 0 Å². The average molecular weight is 221 g/mol. The Morgan fingerprint density at radius 3 is 2.59 bits per heavy atom. The fraction of sp³-hybridized carbons (Fsp3) is 0.250. The van der Waals surface area contributed by atoms with Crippen LogP contribution in [-0.2, 0) is 12.0 Å². The lowest BCUT2D eigenvalue weighted by molar-refractivity contribution is 0.389. The summed E-state index contributed by atoms with van der Waals surface area (Å²) in [5.41, 5.74) is 5.88. The third-order valence-electron chi connectivity index (χ3n) is 4.32. The van der Waals surface area contributed by atoms with Crippen LogP contribution in [0.25, 0.3) is 0 Å². The van der Waals surface area contributed by atoms with Crippen LogP contribution in [0.1, 0.15) is 35.2 Å². The smallest absolute Gasteiger partial charge is 0.0672 e. The van der Waals surface area contributed by atoms with Crippen LogP contribution < -0.4 is 5.32 Å². The minimum atomic E-state index is 0.0100. The van der Waals surface area contributed by atoms with Crippen LogP contribution in [-0.4, -0.2) is 0 Å². The Bertz CT molecular complexity index is 589. The van der Waals surface area contributed by atoms with E-state index in [0.717, 1.165) is 6.42 Å². The van der Waals surface area contributed by atoms with E-state index in [1.807, 2.05) is 0 Å². The van der Waals surface area contributed by atoms with Gasteiger partial charge in [-0.25, -0.2) is 0 Å². The second-order valence-corrected chi connectivity index (χ2v) is 5.27. The lowest BCUT2D eigenvalue weighted by Gasteiger charge is -2.34. The Balaban J connectivity index is 2.05. The van der Waals surface area contributed by atoms with Gasteiger partial charge in [-0.15, -0.1) is 0 Å². The molecule has 4 rings (SSSR count). The number of hydrogen-bond donors (Lipinski definition) is 1. The van der Waals surface area contributed by atoms with E-state index in [1.165, 1.54) is 22.3 Å². The lowest BCUT2D eigenvalue weighted by atomic mass is 9.82. The molecule has 0 saturated heterocycles. The summed E-state index contributed by atoms with van der Waals surface area (Å²) in [6.07, 6.45) is 1.11. The first-order valence-electron chi connectivity index (χ1n) is 6.24. The van der Waals surface area contributed by atoms with Crippen LogP contribution in [0.15, 0.2) is 48.5 Å². The molecule has 2 aromatic carbocycles. The molecule has 0 aromatic heterocycles. The molecular weight excluding hydrogens is 206 g/mol. The molecule has 0 saturated carbocycles. The van der Waals surface area contributed by atoms with Crippen molar-refractivity contribution in [2.75, 3.05) is 0 Å². The first-order valence-corrected chi connectivity index (χ1v) is 6.24. The van der Waals surface area contributed by atoms with Crippen LogP contribution in [0.3, 0.4) is 0 Å². The zero-order valence-electron chi connectivity index (χ0n) is 9.90. The molecule has 17 heavy (non-hydrogen) atoms. The van der Waals surface area contributed by atoms with Gasteiger partial charge in [0.05, 0.1) is 5.54 Å². The van der Waals surface area contributed by atoms with Crippen molar-refractivity contribution < 1.29 is 0 Å². The van der Waals surface area contributed by atoms with Crippen molar-refractivity contribution in [3.63, 3.8) is 0 Å². The zero-order chi connectivity index (χ0) is 11.5. The first kappa shape index (κ1) is 9.43. The molecule has 1 N–H and O–H groups in total. The highest BCUT2D eigenvalue weighted by Crippen LogP contribution is 2.47. The maximum Gasteiger partial charge on any atom is 0.0672 e. The SMILES string of the molecule is CC12N[C@H](Cc3ccccc31)c1ccccc12. The van der Waals surface area contributed by atoms with E-state index in [4.69, 9.17) is 0 Å². The van der Waals surface area contributed by atoms with Crippen molar-refractivity contribution in [2.24, 2.45) is 0 Å². The minimum absolute atomic E-state index is 0.0100. The van der Waals surface area contributed by atoms with Gasteiger partial charge in [-0.2, -0.15) is 0 Å². The van der Waals surface area contributed by atoms with E-state index < -0.39 is 0 Å². The maximum atomic E-state index is 3.79. The Labute approximate surface area is 101 Å². The van der Waals surface area contributed by atoms with Gasteiger partial charge in [-0.1, -0.05) is 48.5 Å². The fourth-order valence-electron chi connectivity index (χ4n) is 3.55. The summed E-state index contributed by atoms with van der Waals surface area (Å²) in [7, 11) is 0. The van der Waals surface area contributed by atoms with Crippen molar-refractivity contribution in [1.29, 1.82) is 0 Å². The molecule has 84 valence electrons. The largest absolute Gasteiger partial charge is 0.297 e. The van der Waals surface area contributed by atoms with Gasteiger partial charge in [-0.3, -0.25) is 5.32 Å². The summed E-state index contributed by atoms with van der Waals surface area (Å²) < 4.78 is 0. The van der Waals surface area contributed by atoms with E-state index in [1.54, 1.807) is 0 Å². The number of nitrogens with one attached hydrogen (secondary N) is 1. The molecule has 1 unspecified atom stereocenters. The predicted molar refractivity (Wildman–Crippen MR) is 68.9 cm³/mol. The second-order valence-electron chi connectivity index (χ2n) is 5.27. The Morgan fingerprint density at radius 1 is 1.00 bits per heavy atom. The topological polar surface area (TPSA) is 12.0 Å². The molecule has 1 nitrogen and oxygen atoms in total. The first-order chi connectivity index (χ1) is 8.29. The van der Waals surface area contributed by atoms with Gasteiger partial charge in [0.2, 0.25) is 0 Å². The summed E-state index contributed by atoms with van der Waals surface area (Å²) in [5.74, 6) is 0. The quantitative estimate of drug-likeness (QED) is 0.720. The van der Waals surface area contributed by atoms with E-state index >= 15 is 0 Å². The molecule has 2 aromatic rings. The van der Waals surface area contributed by atoms with Crippen molar-refractivity contribution in [3.05, 3.63) is 70.8 Å². The molecule has 1 heteroatoms. The summed E-state index contributed by atoms with van der Waals surface area (Å²) in [4.78, 5) is 0. The Morgan fingerprint density at radius 2 is 1.71 bits per heavy atom. The highest BCUT2D eigenvalue weighted by molar-refractivity contribution is 5.54. The monoisotopic (exact) mass is 221 g/mol. The van der Waals surface area contributed by atoms with E-state index in [0.29, 0.717) is 6.04 Å². The van der Waals surface area contributed by atoms with Gasteiger partial charge >= 0.3 is 0 Å². The maximum absolute atomic E-state index is 3.79. The zero-order valence-corrected chi connectivity index (χ0v) is 9.90. The van der Waals surface area contributed by atoms with Crippen LogP contribution in [0.4, 0.5) is 0 Å². The highest BCUT2D eigenvalue weighted by Gasteiger charge is 2.45. The number of hydrogen-bond acceptors (Lipinski definition) is 1. The van der Waals surface area contributed by atoms with Crippen LogP contribution in [0.2, 0.25) is 0 Å². The summed E-state index contributed by atoms with van der Waals surface area (Å²) >= 11 is 0. The van der Waals surface area contributed by atoms with Crippen molar-refractivity contribution in [2.45, 2.75) is 24.9 Å². The summed E-state index contributed by atoms with van der Waals surface area (Å²) in [6, 6.07) is 18.2. The van der Waals surface area contributed by atoms with E-state index in [-0.39, 0.29) is 5.54 Å². The molecule has 2 aliphatic heterocycles. The van der Waals surface area contributed by atoms with Gasteiger partial charge in [0.15, 0.2) is 0 Å². The molecule has 2 aliphatic rings. The number of fused-ring (bicyclic) bond motifs is 7. The summed E-state index contributed by atoms with van der Waals surface area (Å²) in [5, 5.41) is 3.79. The third-order valence-corrected chi connectivity index (χ3v) is 4.32. The molecule has 2 bridgehead atoms. The van der Waals surface area contributed by atoms with Gasteiger partial charge < -0.3 is 0 Å². The van der Waals surface area contributed by atoms with E-state index in [2.05, 4.69) is 60.8 Å². The second kappa shape index (κ2) is 2.99. The third kappa shape index (κ3) is 1.07. The molecule has 0 spiro atoms. The standard InChI is InChI=1S/C16H15N/c1-16-13-8-4-2-6-11(13)10-15(17-16)12-7-3-5-9-14(12)16/h2-9,15,17H,10H2,1H3/t15-,16?/m1/s1. The number of rotatable bonds is 0. The molecule has 2 heterocycles. The summed E-state index contributed by atoms with van der Waals surface area (Å²) in [6.45, 7) is 2.31. The molecule has 0 radical (unpaired) electrons. The van der Waals surface area contributed by atoms with Crippen molar-refractivity contribution >= 4 is 0 Å². The Kier molecular flexibility index (Phi) is 1.66. The van der Waals surface area contributed by atoms with Crippen LogP contribution in [0.5, 0.6) is 0 Å². The van der Waals surface area contributed by atoms with Gasteiger partial charge in [0.25, 0.3) is 0 Å². The number of benzene rings is 2. The van der Waals surface area contributed by atoms with E-state index in [9.17, 15) is 0 Å². The Hall–Kier alpha value is -1.60. The highest BCUT2D eigenvalue weighted by atomic mass is 15.1. The molecule has 0 fully saturated rings. The average Bonchev–Trinajstić information content (AvgIpc) is 2.61. The molecule has 0 amide bonds. The lowest BCUT2D eigenvalue weighted by Crippen LogP contribution is -2.41. The van der Waals surface area contributed by atoms with Crippen molar-refractivity contribution in [1.82, 2.24) is 5.32 Å². The fourth-order valence-corrected chi connectivity index (χ4v) is 3.55. The molecular formula is C16H15N. The van der Waals surface area contributed by atoms with Crippen LogP contribution >= 0.6 is 0 Å². The molecule has 0 aliphatic carbocycles. The molecule has 2 atom stereocenters. The normalized spacial score (nSPS) is 28.6. The predicted octanol–water partition coefficient (Wildman–Crippen LogP) is 3.15. The van der Waals surface area contributed by atoms with Gasteiger partial charge in [-0.05, 0) is 35.6 Å². The van der Waals surface area contributed by atoms with Gasteiger partial charge in [0, 0.05) is 6.04 Å².